The Morgan fingerprint density at radius 1 is 1.30 bits per heavy atom. The van der Waals surface area contributed by atoms with Gasteiger partial charge in [0.05, 0.1) is 22.2 Å². The van der Waals surface area contributed by atoms with E-state index in [0.717, 1.165) is 37.4 Å². The quantitative estimate of drug-likeness (QED) is 0.628. The lowest BCUT2D eigenvalue weighted by Crippen LogP contribution is -2.35. The third-order valence-electron chi connectivity index (χ3n) is 5.10. The van der Waals surface area contributed by atoms with E-state index in [1.165, 1.54) is 12.1 Å². The Balaban J connectivity index is 1.87. The standard InChI is InChI=1S/C20H25N3O4/c1-13-8-10-22(11-9-13)18-6-5-16(23(25)26)12-17(18)20(24)21-15(3)19-7-4-14(2)27-19/h4-7,12-13,15H,8-11H2,1-3H3,(H,21,24). The van der Waals surface area contributed by atoms with Gasteiger partial charge in [0.15, 0.2) is 0 Å². The maximum absolute atomic E-state index is 12.9. The van der Waals surface area contributed by atoms with Crippen LogP contribution in [-0.4, -0.2) is 23.9 Å². The number of anilines is 1. The summed E-state index contributed by atoms with van der Waals surface area (Å²) < 4.78 is 5.57. The van der Waals surface area contributed by atoms with Crippen molar-refractivity contribution in [3.8, 4) is 0 Å². The summed E-state index contributed by atoms with van der Waals surface area (Å²) in [7, 11) is 0. The molecular formula is C20H25N3O4. The number of piperidine rings is 1. The van der Waals surface area contributed by atoms with Gasteiger partial charge in [0.1, 0.15) is 11.5 Å². The minimum absolute atomic E-state index is 0.0872. The number of aryl methyl sites for hydroxylation is 1. The minimum Gasteiger partial charge on any atom is -0.464 e. The van der Waals surface area contributed by atoms with E-state index in [1.807, 2.05) is 26.0 Å². The predicted octanol–water partition coefficient (Wildman–Crippen LogP) is 4.22. The molecule has 1 N–H and O–H groups in total. The number of furan rings is 1. The van der Waals surface area contributed by atoms with Gasteiger partial charge in [-0.3, -0.25) is 14.9 Å². The maximum atomic E-state index is 12.9. The number of hydrogen-bond acceptors (Lipinski definition) is 5. The molecule has 0 saturated carbocycles. The molecule has 1 aliphatic rings. The lowest BCUT2D eigenvalue weighted by Gasteiger charge is -2.33. The van der Waals surface area contributed by atoms with E-state index < -0.39 is 4.92 Å². The van der Waals surface area contributed by atoms with Crippen LogP contribution < -0.4 is 10.2 Å². The van der Waals surface area contributed by atoms with Crippen molar-refractivity contribution in [1.82, 2.24) is 5.32 Å². The summed E-state index contributed by atoms with van der Waals surface area (Å²) in [6.07, 6.45) is 2.08. The zero-order chi connectivity index (χ0) is 19.6. The molecule has 7 heteroatoms. The third kappa shape index (κ3) is 4.30. The van der Waals surface area contributed by atoms with Crippen LogP contribution in [0, 0.1) is 23.0 Å². The summed E-state index contributed by atoms with van der Waals surface area (Å²) in [5.74, 6) is 1.73. The van der Waals surface area contributed by atoms with E-state index in [9.17, 15) is 14.9 Å². The molecule has 1 aromatic heterocycles. The second-order valence-corrected chi connectivity index (χ2v) is 7.27. The fraction of sp³-hybridized carbons (Fsp3) is 0.450. The SMILES string of the molecule is Cc1ccc(C(C)NC(=O)c2cc([N+](=O)[O-])ccc2N2CCC(C)CC2)o1. The van der Waals surface area contributed by atoms with Crippen LogP contribution in [0.2, 0.25) is 0 Å². The first-order chi connectivity index (χ1) is 12.8. The third-order valence-corrected chi connectivity index (χ3v) is 5.10. The highest BCUT2D eigenvalue weighted by Gasteiger charge is 2.24. The van der Waals surface area contributed by atoms with Crippen LogP contribution >= 0.6 is 0 Å². The zero-order valence-corrected chi connectivity index (χ0v) is 15.9. The Labute approximate surface area is 158 Å². The second-order valence-electron chi connectivity index (χ2n) is 7.27. The summed E-state index contributed by atoms with van der Waals surface area (Å²) in [5, 5.41) is 14.1. The van der Waals surface area contributed by atoms with Gasteiger partial charge in [0.2, 0.25) is 0 Å². The van der Waals surface area contributed by atoms with Crippen molar-refractivity contribution in [2.75, 3.05) is 18.0 Å². The fourth-order valence-electron chi connectivity index (χ4n) is 3.38. The van der Waals surface area contributed by atoms with Crippen LogP contribution in [0.5, 0.6) is 0 Å². The molecule has 2 heterocycles. The van der Waals surface area contributed by atoms with E-state index in [0.29, 0.717) is 17.2 Å². The van der Waals surface area contributed by atoms with E-state index in [4.69, 9.17) is 4.42 Å². The first-order valence-electron chi connectivity index (χ1n) is 9.25. The number of amides is 1. The van der Waals surface area contributed by atoms with E-state index in [-0.39, 0.29) is 17.6 Å². The molecule has 1 amide bonds. The van der Waals surface area contributed by atoms with Crippen LogP contribution in [0.4, 0.5) is 11.4 Å². The monoisotopic (exact) mass is 371 g/mol. The van der Waals surface area contributed by atoms with Crippen molar-refractivity contribution >= 4 is 17.3 Å². The molecule has 2 aromatic rings. The normalized spacial score (nSPS) is 16.2. The average molecular weight is 371 g/mol. The molecule has 1 aromatic carbocycles. The van der Waals surface area contributed by atoms with Gasteiger partial charge in [-0.2, -0.15) is 0 Å². The van der Waals surface area contributed by atoms with Crippen LogP contribution in [0.1, 0.15) is 54.6 Å². The highest BCUT2D eigenvalue weighted by molar-refractivity contribution is 6.00. The molecular weight excluding hydrogens is 346 g/mol. The van der Waals surface area contributed by atoms with Crippen molar-refractivity contribution in [3.63, 3.8) is 0 Å². The van der Waals surface area contributed by atoms with Gasteiger partial charge < -0.3 is 14.6 Å². The summed E-state index contributed by atoms with van der Waals surface area (Å²) in [6, 6.07) is 7.84. The first kappa shape index (κ1) is 18.9. The molecule has 7 nitrogen and oxygen atoms in total. The van der Waals surface area contributed by atoms with Crippen LogP contribution in [-0.2, 0) is 0 Å². The van der Waals surface area contributed by atoms with Crippen LogP contribution in [0.3, 0.4) is 0 Å². The van der Waals surface area contributed by atoms with Gasteiger partial charge >= 0.3 is 0 Å². The molecule has 1 atom stereocenters. The number of carbonyl (C=O) groups excluding carboxylic acids is 1. The largest absolute Gasteiger partial charge is 0.464 e. The number of nitrogens with zero attached hydrogens (tertiary/aromatic N) is 2. The number of rotatable bonds is 5. The second kappa shape index (κ2) is 7.82. The molecule has 0 spiro atoms. The zero-order valence-electron chi connectivity index (χ0n) is 15.9. The highest BCUT2D eigenvalue weighted by Crippen LogP contribution is 2.30. The Morgan fingerprint density at radius 3 is 2.59 bits per heavy atom. The molecule has 1 aliphatic heterocycles. The maximum Gasteiger partial charge on any atom is 0.270 e. The Bertz CT molecular complexity index is 838. The predicted molar refractivity (Wildman–Crippen MR) is 103 cm³/mol. The van der Waals surface area contributed by atoms with E-state index in [1.54, 1.807) is 6.07 Å². The molecule has 0 bridgehead atoms. The Hall–Kier alpha value is -2.83. The molecule has 0 radical (unpaired) electrons. The van der Waals surface area contributed by atoms with Crippen molar-refractivity contribution in [2.45, 2.75) is 39.7 Å². The van der Waals surface area contributed by atoms with Gasteiger partial charge in [-0.15, -0.1) is 0 Å². The summed E-state index contributed by atoms with van der Waals surface area (Å²) in [6.45, 7) is 7.57. The van der Waals surface area contributed by atoms with Crippen LogP contribution in [0.15, 0.2) is 34.7 Å². The lowest BCUT2D eigenvalue weighted by atomic mass is 9.97. The van der Waals surface area contributed by atoms with E-state index in [2.05, 4.69) is 17.1 Å². The van der Waals surface area contributed by atoms with Gasteiger partial charge in [-0.1, -0.05) is 6.92 Å². The molecule has 27 heavy (non-hydrogen) atoms. The van der Waals surface area contributed by atoms with Gasteiger partial charge in [-0.05, 0) is 50.8 Å². The summed E-state index contributed by atoms with van der Waals surface area (Å²) in [5.41, 5.74) is 0.984. The highest BCUT2D eigenvalue weighted by atomic mass is 16.6. The number of nitro benzene ring substituents is 1. The van der Waals surface area contributed by atoms with Gasteiger partial charge in [-0.25, -0.2) is 0 Å². The number of benzene rings is 1. The van der Waals surface area contributed by atoms with Gasteiger partial charge in [0.25, 0.3) is 11.6 Å². The Morgan fingerprint density at radius 2 is 2.00 bits per heavy atom. The molecule has 1 fully saturated rings. The van der Waals surface area contributed by atoms with Crippen molar-refractivity contribution in [3.05, 3.63) is 57.5 Å². The summed E-state index contributed by atoms with van der Waals surface area (Å²) in [4.78, 5) is 25.8. The minimum atomic E-state index is -0.474. The van der Waals surface area contributed by atoms with E-state index >= 15 is 0 Å². The topological polar surface area (TPSA) is 88.6 Å². The molecule has 1 unspecified atom stereocenters. The number of nitro groups is 1. The molecule has 0 aliphatic carbocycles. The first-order valence-corrected chi connectivity index (χ1v) is 9.25. The Kier molecular flexibility index (Phi) is 5.48. The van der Waals surface area contributed by atoms with Crippen LogP contribution in [0.25, 0.3) is 0 Å². The molecule has 1 saturated heterocycles. The number of nitrogens with one attached hydrogen (secondary N) is 1. The van der Waals surface area contributed by atoms with Crippen molar-refractivity contribution < 1.29 is 14.1 Å². The fourth-order valence-corrected chi connectivity index (χ4v) is 3.38. The number of hydrogen-bond donors (Lipinski definition) is 1. The summed E-state index contributed by atoms with van der Waals surface area (Å²) >= 11 is 0. The van der Waals surface area contributed by atoms with Crippen molar-refractivity contribution in [1.29, 1.82) is 0 Å². The van der Waals surface area contributed by atoms with Crippen molar-refractivity contribution in [2.24, 2.45) is 5.92 Å². The molecule has 3 rings (SSSR count). The smallest absolute Gasteiger partial charge is 0.270 e. The lowest BCUT2D eigenvalue weighted by molar-refractivity contribution is -0.384. The van der Waals surface area contributed by atoms with Gasteiger partial charge in [0, 0.05) is 25.2 Å². The number of non-ortho nitro benzene ring substituents is 1. The molecule has 144 valence electrons. The number of carbonyl (C=O) groups is 1. The average Bonchev–Trinajstić information content (AvgIpc) is 3.08.